The molecule has 0 aromatic carbocycles. The first-order chi connectivity index (χ1) is 5.05. The van der Waals surface area contributed by atoms with E-state index in [2.05, 4.69) is 0 Å². The van der Waals surface area contributed by atoms with Gasteiger partial charge in [0.15, 0.2) is 0 Å². The molecule has 2 atom stereocenters. The smallest absolute Gasteiger partial charge is 0.248 e. The molecule has 0 aromatic rings. The van der Waals surface area contributed by atoms with Crippen LogP contribution >= 0.6 is 0 Å². The molecule has 3 heteroatoms. The second kappa shape index (κ2) is 3.05. The summed E-state index contributed by atoms with van der Waals surface area (Å²) < 4.78 is 25.2. The van der Waals surface area contributed by atoms with Crippen LogP contribution in [0.3, 0.4) is 0 Å². The fraction of sp³-hybridized carbons (Fsp3) is 1.00. The monoisotopic (exact) mass is 164 g/mol. The molecule has 0 radical (unpaired) electrons. The lowest BCUT2D eigenvalue weighted by Gasteiger charge is -2.15. The maximum Gasteiger partial charge on any atom is 0.248 e. The summed E-state index contributed by atoms with van der Waals surface area (Å²) in [7, 11) is 0. The quantitative estimate of drug-likeness (QED) is 0.663. The summed E-state index contributed by atoms with van der Waals surface area (Å²) in [5.74, 6) is -2.68. The molecule has 0 spiro atoms. The summed E-state index contributed by atoms with van der Waals surface area (Å²) in [6.07, 6.45) is 0.364. The largest absolute Gasteiger partial charge is 0.393 e. The Morgan fingerprint density at radius 2 is 2.27 bits per heavy atom. The zero-order valence-corrected chi connectivity index (χ0v) is 6.69. The van der Waals surface area contributed by atoms with Crippen LogP contribution in [0.4, 0.5) is 8.78 Å². The lowest BCUT2D eigenvalue weighted by molar-refractivity contribution is -0.00515. The van der Waals surface area contributed by atoms with Crippen LogP contribution in [-0.4, -0.2) is 17.1 Å². The average Bonchev–Trinajstić information content (AvgIpc) is 2.29. The molecule has 1 fully saturated rings. The number of rotatable bonds is 2. The van der Waals surface area contributed by atoms with Gasteiger partial charge in [-0.2, -0.15) is 0 Å². The number of hydrogen-bond acceptors (Lipinski definition) is 1. The first kappa shape index (κ1) is 8.91. The van der Waals surface area contributed by atoms with Crippen LogP contribution in [0.1, 0.15) is 32.6 Å². The number of hydrogen-bond donors (Lipinski definition) is 1. The fourth-order valence-corrected chi connectivity index (χ4v) is 1.65. The maximum absolute atomic E-state index is 12.6. The zero-order chi connectivity index (χ0) is 8.48. The molecule has 11 heavy (non-hydrogen) atoms. The van der Waals surface area contributed by atoms with E-state index in [1.807, 2.05) is 6.92 Å². The third kappa shape index (κ3) is 2.12. The SMILES string of the molecule is CCC(O)C1CCC(F)(F)C1. The molecule has 1 saturated carbocycles. The summed E-state index contributed by atoms with van der Waals surface area (Å²) >= 11 is 0. The Morgan fingerprint density at radius 1 is 1.64 bits per heavy atom. The predicted octanol–water partition coefficient (Wildman–Crippen LogP) is 2.19. The van der Waals surface area contributed by atoms with E-state index in [-0.39, 0.29) is 18.8 Å². The number of alkyl halides is 2. The molecular formula is C8H14F2O. The molecule has 0 bridgehead atoms. The minimum absolute atomic E-state index is 0.0469. The van der Waals surface area contributed by atoms with E-state index in [9.17, 15) is 13.9 Å². The molecule has 1 aliphatic carbocycles. The van der Waals surface area contributed by atoms with Gasteiger partial charge in [0.2, 0.25) is 5.92 Å². The van der Waals surface area contributed by atoms with Crippen molar-refractivity contribution in [3.8, 4) is 0 Å². The molecule has 1 aliphatic rings. The van der Waals surface area contributed by atoms with E-state index in [1.54, 1.807) is 0 Å². The van der Waals surface area contributed by atoms with Gasteiger partial charge in [0.05, 0.1) is 6.10 Å². The summed E-state index contributed by atoms with van der Waals surface area (Å²) in [4.78, 5) is 0. The zero-order valence-electron chi connectivity index (χ0n) is 6.69. The second-order valence-electron chi connectivity index (χ2n) is 3.33. The van der Waals surface area contributed by atoms with Crippen molar-refractivity contribution in [1.29, 1.82) is 0 Å². The molecule has 2 unspecified atom stereocenters. The van der Waals surface area contributed by atoms with Crippen LogP contribution < -0.4 is 0 Å². The van der Waals surface area contributed by atoms with Crippen LogP contribution in [0.2, 0.25) is 0 Å². The Labute approximate surface area is 65.4 Å². The normalized spacial score (nSPS) is 32.2. The number of halogens is 2. The van der Waals surface area contributed by atoms with Crippen LogP contribution in [0.15, 0.2) is 0 Å². The van der Waals surface area contributed by atoms with E-state index in [0.717, 1.165) is 0 Å². The van der Waals surface area contributed by atoms with Crippen molar-refractivity contribution in [3.63, 3.8) is 0 Å². The van der Waals surface area contributed by atoms with Gasteiger partial charge in [0.1, 0.15) is 0 Å². The van der Waals surface area contributed by atoms with E-state index in [0.29, 0.717) is 12.8 Å². The van der Waals surface area contributed by atoms with E-state index in [1.165, 1.54) is 0 Å². The van der Waals surface area contributed by atoms with Crippen molar-refractivity contribution in [3.05, 3.63) is 0 Å². The highest BCUT2D eigenvalue weighted by atomic mass is 19.3. The fourth-order valence-electron chi connectivity index (χ4n) is 1.65. The molecular weight excluding hydrogens is 150 g/mol. The van der Waals surface area contributed by atoms with Gasteiger partial charge in [-0.15, -0.1) is 0 Å². The molecule has 1 rings (SSSR count). The molecule has 0 aromatic heterocycles. The summed E-state index contributed by atoms with van der Waals surface area (Å²) in [6.45, 7) is 1.82. The van der Waals surface area contributed by atoms with Gasteiger partial charge in [-0.1, -0.05) is 6.92 Å². The van der Waals surface area contributed by atoms with Crippen molar-refractivity contribution in [1.82, 2.24) is 0 Å². The van der Waals surface area contributed by atoms with Crippen molar-refractivity contribution < 1.29 is 13.9 Å². The van der Waals surface area contributed by atoms with Gasteiger partial charge in [-0.25, -0.2) is 8.78 Å². The molecule has 1 nitrogen and oxygen atoms in total. The summed E-state index contributed by atoms with van der Waals surface area (Å²) in [5.41, 5.74) is 0. The number of aliphatic hydroxyl groups is 1. The first-order valence-electron chi connectivity index (χ1n) is 4.11. The first-order valence-corrected chi connectivity index (χ1v) is 4.11. The van der Waals surface area contributed by atoms with Gasteiger partial charge in [0, 0.05) is 12.8 Å². The minimum Gasteiger partial charge on any atom is -0.393 e. The van der Waals surface area contributed by atoms with E-state index in [4.69, 9.17) is 0 Å². The van der Waals surface area contributed by atoms with Crippen molar-refractivity contribution in [2.45, 2.75) is 44.6 Å². The van der Waals surface area contributed by atoms with Gasteiger partial charge >= 0.3 is 0 Å². The highest BCUT2D eigenvalue weighted by molar-refractivity contribution is 4.84. The Morgan fingerprint density at radius 3 is 2.64 bits per heavy atom. The Hall–Kier alpha value is -0.180. The van der Waals surface area contributed by atoms with Gasteiger partial charge in [-0.05, 0) is 18.8 Å². The van der Waals surface area contributed by atoms with Crippen LogP contribution in [-0.2, 0) is 0 Å². The minimum atomic E-state index is -2.51. The van der Waals surface area contributed by atoms with Gasteiger partial charge in [0.25, 0.3) is 0 Å². The Balaban J connectivity index is 2.41. The summed E-state index contributed by atoms with van der Waals surface area (Å²) in [5, 5.41) is 9.26. The van der Waals surface area contributed by atoms with Gasteiger partial charge < -0.3 is 5.11 Å². The van der Waals surface area contributed by atoms with Crippen LogP contribution in [0.25, 0.3) is 0 Å². The molecule has 0 amide bonds. The standard InChI is InChI=1S/C8H14F2O/c1-2-7(11)6-3-4-8(9,10)5-6/h6-7,11H,2-5H2,1H3. The molecule has 0 saturated heterocycles. The summed E-state index contributed by atoms with van der Waals surface area (Å²) in [6, 6.07) is 0. The molecule has 66 valence electrons. The molecule has 1 N–H and O–H groups in total. The average molecular weight is 164 g/mol. The Kier molecular flexibility index (Phi) is 2.47. The van der Waals surface area contributed by atoms with Crippen LogP contribution in [0.5, 0.6) is 0 Å². The lowest BCUT2D eigenvalue weighted by atomic mass is 9.99. The molecule has 0 heterocycles. The van der Waals surface area contributed by atoms with Crippen molar-refractivity contribution in [2.75, 3.05) is 0 Å². The topological polar surface area (TPSA) is 20.2 Å². The third-order valence-corrected chi connectivity index (χ3v) is 2.40. The van der Waals surface area contributed by atoms with Crippen molar-refractivity contribution in [2.24, 2.45) is 5.92 Å². The van der Waals surface area contributed by atoms with Gasteiger partial charge in [-0.3, -0.25) is 0 Å². The highest BCUT2D eigenvalue weighted by Crippen LogP contribution is 2.40. The Bertz CT molecular complexity index is 136. The number of aliphatic hydroxyl groups excluding tert-OH is 1. The van der Waals surface area contributed by atoms with E-state index < -0.39 is 12.0 Å². The lowest BCUT2D eigenvalue weighted by Crippen LogP contribution is -2.19. The molecule has 0 aliphatic heterocycles. The van der Waals surface area contributed by atoms with Crippen LogP contribution in [0, 0.1) is 5.92 Å². The third-order valence-electron chi connectivity index (χ3n) is 2.40. The maximum atomic E-state index is 12.6. The van der Waals surface area contributed by atoms with E-state index >= 15 is 0 Å². The highest BCUT2D eigenvalue weighted by Gasteiger charge is 2.41. The van der Waals surface area contributed by atoms with Crippen molar-refractivity contribution >= 4 is 0 Å². The predicted molar refractivity (Wildman–Crippen MR) is 38.6 cm³/mol. The second-order valence-corrected chi connectivity index (χ2v) is 3.33.